The van der Waals surface area contributed by atoms with Crippen molar-refractivity contribution in [2.75, 3.05) is 39.3 Å². The molecule has 0 spiro atoms. The zero-order chi connectivity index (χ0) is 20.9. The molecule has 0 bridgehead atoms. The van der Waals surface area contributed by atoms with Crippen molar-refractivity contribution in [3.05, 3.63) is 47.1 Å². The fraction of sp³-hybridized carbons (Fsp3) is 0.609. The number of hydrogen-bond acceptors (Lipinski definition) is 6. The highest BCUT2D eigenvalue weighted by atomic mass is 16.5. The number of aliphatic hydroxyl groups excluding tert-OH is 1. The molecule has 7 nitrogen and oxygen atoms in total. The summed E-state index contributed by atoms with van der Waals surface area (Å²) < 4.78 is 5.08. The first-order valence-electron chi connectivity index (χ1n) is 11.1. The number of aliphatic hydroxyl groups is 1. The largest absolute Gasteiger partial charge is 0.395 e. The summed E-state index contributed by atoms with van der Waals surface area (Å²) in [5, 5.41) is 13.1. The maximum Gasteiger partial charge on any atom is 0.226 e. The van der Waals surface area contributed by atoms with Crippen LogP contribution in [0.2, 0.25) is 0 Å². The molecule has 1 N–H and O–H groups in total. The van der Waals surface area contributed by atoms with E-state index in [1.165, 1.54) is 12.0 Å². The lowest BCUT2D eigenvalue weighted by Crippen LogP contribution is -2.39. The third-order valence-corrected chi connectivity index (χ3v) is 6.44. The second-order valence-electron chi connectivity index (χ2n) is 8.70. The van der Waals surface area contributed by atoms with Gasteiger partial charge in [0.15, 0.2) is 5.82 Å². The standard InChI is InChI=1S/C23H32N4O3/c1-17-24-23(25-30-17)21-7-10-27(11-8-21)22(29)15-19-4-2-18(3-5-19)14-20-6-9-26(16-20)12-13-28/h2-5,20-21,28H,6-16H2,1H3. The van der Waals surface area contributed by atoms with Crippen LogP contribution in [-0.4, -0.2) is 70.3 Å². The zero-order valence-corrected chi connectivity index (χ0v) is 17.8. The molecule has 0 aliphatic carbocycles. The van der Waals surface area contributed by atoms with E-state index in [1.807, 2.05) is 4.90 Å². The molecule has 1 atom stereocenters. The minimum atomic E-state index is 0.195. The van der Waals surface area contributed by atoms with E-state index < -0.39 is 0 Å². The molecule has 30 heavy (non-hydrogen) atoms. The number of rotatable bonds is 7. The van der Waals surface area contributed by atoms with Gasteiger partial charge in [-0.25, -0.2) is 0 Å². The van der Waals surface area contributed by atoms with Gasteiger partial charge in [0.2, 0.25) is 11.8 Å². The topological polar surface area (TPSA) is 82.7 Å². The number of carbonyl (C=O) groups excluding carboxylic acids is 1. The smallest absolute Gasteiger partial charge is 0.226 e. The number of carbonyl (C=O) groups is 1. The van der Waals surface area contributed by atoms with E-state index in [9.17, 15) is 4.79 Å². The van der Waals surface area contributed by atoms with Gasteiger partial charge >= 0.3 is 0 Å². The van der Waals surface area contributed by atoms with Crippen LogP contribution in [0.5, 0.6) is 0 Å². The molecule has 4 rings (SSSR count). The number of β-amino-alcohol motifs (C(OH)–C–C–N with tert-alkyl or cyclic N) is 1. The zero-order valence-electron chi connectivity index (χ0n) is 17.8. The molecule has 1 unspecified atom stereocenters. The number of aryl methyl sites for hydroxylation is 1. The summed E-state index contributed by atoms with van der Waals surface area (Å²) in [5.41, 5.74) is 2.41. The summed E-state index contributed by atoms with van der Waals surface area (Å²) in [6, 6.07) is 8.54. The van der Waals surface area contributed by atoms with Gasteiger partial charge in [0.1, 0.15) is 0 Å². The first-order chi connectivity index (χ1) is 14.6. The summed E-state index contributed by atoms with van der Waals surface area (Å²) in [6.45, 7) is 6.48. The number of piperidine rings is 1. The molecule has 162 valence electrons. The van der Waals surface area contributed by atoms with E-state index in [1.54, 1.807) is 6.92 Å². The Morgan fingerprint density at radius 2 is 1.87 bits per heavy atom. The van der Waals surface area contributed by atoms with Gasteiger partial charge in [-0.15, -0.1) is 0 Å². The van der Waals surface area contributed by atoms with Crippen LogP contribution < -0.4 is 0 Å². The van der Waals surface area contributed by atoms with Crippen molar-refractivity contribution in [1.29, 1.82) is 0 Å². The quantitative estimate of drug-likeness (QED) is 0.751. The monoisotopic (exact) mass is 412 g/mol. The highest BCUT2D eigenvalue weighted by Gasteiger charge is 2.27. The third kappa shape index (κ3) is 5.26. The molecule has 7 heteroatoms. The fourth-order valence-electron chi connectivity index (χ4n) is 4.70. The van der Waals surface area contributed by atoms with Crippen molar-refractivity contribution in [1.82, 2.24) is 19.9 Å². The predicted octanol–water partition coefficient (Wildman–Crippen LogP) is 2.18. The minimum absolute atomic E-state index is 0.195. The van der Waals surface area contributed by atoms with Gasteiger partial charge in [0.25, 0.3) is 0 Å². The molecule has 2 saturated heterocycles. The normalized spacial score (nSPS) is 20.7. The average Bonchev–Trinajstić information content (AvgIpc) is 3.39. The lowest BCUT2D eigenvalue weighted by Gasteiger charge is -2.30. The Morgan fingerprint density at radius 1 is 1.13 bits per heavy atom. The molecular weight excluding hydrogens is 380 g/mol. The summed E-state index contributed by atoms with van der Waals surface area (Å²) in [6.07, 6.45) is 4.50. The van der Waals surface area contributed by atoms with Crippen LogP contribution in [0.15, 0.2) is 28.8 Å². The molecule has 1 amide bonds. The average molecular weight is 413 g/mol. The van der Waals surface area contributed by atoms with Gasteiger partial charge in [-0.2, -0.15) is 4.98 Å². The summed E-state index contributed by atoms with van der Waals surface area (Å²) in [7, 11) is 0. The predicted molar refractivity (Wildman–Crippen MR) is 113 cm³/mol. The Balaban J connectivity index is 1.23. The van der Waals surface area contributed by atoms with Crippen molar-refractivity contribution in [2.24, 2.45) is 5.92 Å². The highest BCUT2D eigenvalue weighted by Crippen LogP contribution is 2.26. The third-order valence-electron chi connectivity index (χ3n) is 6.44. The van der Waals surface area contributed by atoms with E-state index in [-0.39, 0.29) is 18.4 Å². The van der Waals surface area contributed by atoms with Gasteiger partial charge in [-0.3, -0.25) is 4.79 Å². The summed E-state index contributed by atoms with van der Waals surface area (Å²) in [5.74, 6) is 2.52. The Bertz CT molecular complexity index is 827. The molecule has 0 radical (unpaired) electrons. The van der Waals surface area contributed by atoms with Crippen molar-refractivity contribution < 1.29 is 14.4 Å². The van der Waals surface area contributed by atoms with E-state index in [2.05, 4.69) is 39.3 Å². The Hall–Kier alpha value is -2.25. The van der Waals surface area contributed by atoms with E-state index in [4.69, 9.17) is 9.63 Å². The molecule has 2 aliphatic heterocycles. The number of likely N-dealkylation sites (tertiary alicyclic amines) is 2. The summed E-state index contributed by atoms with van der Waals surface area (Å²) in [4.78, 5) is 21.4. The lowest BCUT2D eigenvalue weighted by molar-refractivity contribution is -0.131. The first-order valence-corrected chi connectivity index (χ1v) is 11.1. The highest BCUT2D eigenvalue weighted by molar-refractivity contribution is 5.78. The number of hydrogen-bond donors (Lipinski definition) is 1. The molecule has 1 aromatic carbocycles. The molecule has 2 aromatic rings. The number of nitrogens with zero attached hydrogens (tertiary/aromatic N) is 4. The molecule has 1 aromatic heterocycles. The maximum atomic E-state index is 12.7. The van der Waals surface area contributed by atoms with Gasteiger partial charge in [-0.05, 0) is 49.3 Å². The van der Waals surface area contributed by atoms with Crippen LogP contribution in [0.3, 0.4) is 0 Å². The van der Waals surface area contributed by atoms with Crippen LogP contribution in [0.1, 0.15) is 48.0 Å². The molecular formula is C23H32N4O3. The van der Waals surface area contributed by atoms with Crippen molar-refractivity contribution in [2.45, 2.75) is 44.9 Å². The van der Waals surface area contributed by atoms with Gasteiger partial charge in [0, 0.05) is 39.0 Å². The maximum absolute atomic E-state index is 12.7. The van der Waals surface area contributed by atoms with E-state index in [0.717, 1.165) is 63.4 Å². The lowest BCUT2D eigenvalue weighted by atomic mass is 9.95. The Morgan fingerprint density at radius 3 is 2.53 bits per heavy atom. The number of benzene rings is 1. The second-order valence-corrected chi connectivity index (χ2v) is 8.70. The molecule has 3 heterocycles. The van der Waals surface area contributed by atoms with Crippen LogP contribution in [-0.2, 0) is 17.6 Å². The van der Waals surface area contributed by atoms with Gasteiger partial charge in [-0.1, -0.05) is 29.4 Å². The Labute approximate surface area is 178 Å². The van der Waals surface area contributed by atoms with Crippen molar-refractivity contribution in [3.63, 3.8) is 0 Å². The van der Waals surface area contributed by atoms with Crippen molar-refractivity contribution >= 4 is 5.91 Å². The number of amides is 1. The Kier molecular flexibility index (Phi) is 6.79. The molecule has 2 fully saturated rings. The van der Waals surface area contributed by atoms with Crippen LogP contribution in [0, 0.1) is 12.8 Å². The second kappa shape index (κ2) is 9.71. The fourth-order valence-corrected chi connectivity index (χ4v) is 4.70. The first kappa shape index (κ1) is 21.0. The van der Waals surface area contributed by atoms with Crippen molar-refractivity contribution in [3.8, 4) is 0 Å². The minimum Gasteiger partial charge on any atom is -0.395 e. The van der Waals surface area contributed by atoms with Crippen LogP contribution in [0.4, 0.5) is 0 Å². The van der Waals surface area contributed by atoms with Crippen LogP contribution in [0.25, 0.3) is 0 Å². The van der Waals surface area contributed by atoms with E-state index >= 15 is 0 Å². The molecule has 2 aliphatic rings. The van der Waals surface area contributed by atoms with Gasteiger partial charge < -0.3 is 19.4 Å². The van der Waals surface area contributed by atoms with Crippen LogP contribution >= 0.6 is 0 Å². The molecule has 0 saturated carbocycles. The van der Waals surface area contributed by atoms with E-state index in [0.29, 0.717) is 18.2 Å². The summed E-state index contributed by atoms with van der Waals surface area (Å²) >= 11 is 0. The van der Waals surface area contributed by atoms with Gasteiger partial charge in [0.05, 0.1) is 13.0 Å². The SMILES string of the molecule is Cc1nc(C2CCN(C(=O)Cc3ccc(CC4CCN(CCO)C4)cc3)CC2)no1. The number of aromatic nitrogens is 2.